The fourth-order valence-corrected chi connectivity index (χ4v) is 3.70. The predicted octanol–water partition coefficient (Wildman–Crippen LogP) is 2.95. The van der Waals surface area contributed by atoms with Crippen molar-refractivity contribution in [1.29, 1.82) is 0 Å². The molecule has 0 atom stereocenters. The van der Waals surface area contributed by atoms with Gasteiger partial charge in [0.1, 0.15) is 5.78 Å². The van der Waals surface area contributed by atoms with Gasteiger partial charge in [-0.2, -0.15) is 0 Å². The number of aromatic nitrogens is 2. The highest BCUT2D eigenvalue weighted by molar-refractivity contribution is 5.78. The summed E-state index contributed by atoms with van der Waals surface area (Å²) in [6.07, 6.45) is 4.43. The number of benzene rings is 1. The molecule has 1 aliphatic carbocycles. The first-order chi connectivity index (χ1) is 12.7. The molecule has 1 aromatic carbocycles. The first-order valence-electron chi connectivity index (χ1n) is 9.60. The molecule has 0 radical (unpaired) electrons. The van der Waals surface area contributed by atoms with E-state index in [2.05, 4.69) is 26.1 Å². The summed E-state index contributed by atoms with van der Waals surface area (Å²) < 4.78 is 0. The maximum Gasteiger partial charge on any atom is 0.151 e. The van der Waals surface area contributed by atoms with Gasteiger partial charge in [0.15, 0.2) is 5.82 Å². The Morgan fingerprint density at radius 2 is 1.81 bits per heavy atom. The highest BCUT2D eigenvalue weighted by Crippen LogP contribution is 2.28. The van der Waals surface area contributed by atoms with Crippen molar-refractivity contribution in [3.63, 3.8) is 0 Å². The Morgan fingerprint density at radius 1 is 1.00 bits per heavy atom. The first kappa shape index (κ1) is 17.2. The number of hydrogen-bond donors (Lipinski definition) is 0. The van der Waals surface area contributed by atoms with Crippen LogP contribution in [-0.2, 0) is 11.2 Å². The van der Waals surface area contributed by atoms with E-state index < -0.39 is 0 Å². The van der Waals surface area contributed by atoms with Crippen LogP contribution in [0, 0.1) is 0 Å². The van der Waals surface area contributed by atoms with Crippen LogP contribution >= 0.6 is 0 Å². The molecular weight excluding hydrogens is 324 g/mol. The number of carbonyl (C=O) groups is 1. The second-order valence-electron chi connectivity index (χ2n) is 7.46. The SMILES string of the molecule is CC(=O)Cc1ccc(-c2ccc(N3CCCN(C4CC4)CC3)nn2)cc1. The quantitative estimate of drug-likeness (QED) is 0.830. The first-order valence-corrected chi connectivity index (χ1v) is 9.60. The zero-order valence-electron chi connectivity index (χ0n) is 15.4. The van der Waals surface area contributed by atoms with Gasteiger partial charge in [0.2, 0.25) is 0 Å². The third kappa shape index (κ3) is 4.10. The minimum absolute atomic E-state index is 0.180. The Kier molecular flexibility index (Phi) is 4.98. The van der Waals surface area contributed by atoms with Gasteiger partial charge in [-0.15, -0.1) is 10.2 Å². The van der Waals surface area contributed by atoms with E-state index in [1.165, 1.54) is 25.8 Å². The molecule has 2 fully saturated rings. The lowest BCUT2D eigenvalue weighted by molar-refractivity contribution is -0.116. The monoisotopic (exact) mass is 350 g/mol. The summed E-state index contributed by atoms with van der Waals surface area (Å²) in [6.45, 7) is 6.04. The predicted molar refractivity (Wildman–Crippen MR) is 103 cm³/mol. The van der Waals surface area contributed by atoms with Crippen LogP contribution in [0.1, 0.15) is 31.7 Å². The minimum Gasteiger partial charge on any atom is -0.354 e. The van der Waals surface area contributed by atoms with Crippen LogP contribution < -0.4 is 4.90 Å². The van der Waals surface area contributed by atoms with Crippen LogP contribution in [0.2, 0.25) is 0 Å². The molecule has 136 valence electrons. The van der Waals surface area contributed by atoms with Gasteiger partial charge in [-0.3, -0.25) is 9.69 Å². The van der Waals surface area contributed by atoms with Crippen molar-refractivity contribution in [2.75, 3.05) is 31.1 Å². The molecule has 2 aliphatic rings. The third-order valence-electron chi connectivity index (χ3n) is 5.27. The molecule has 2 aromatic rings. The Balaban J connectivity index is 1.42. The number of nitrogens with zero attached hydrogens (tertiary/aromatic N) is 4. The van der Waals surface area contributed by atoms with Crippen LogP contribution in [0.5, 0.6) is 0 Å². The zero-order valence-corrected chi connectivity index (χ0v) is 15.4. The molecule has 1 aliphatic heterocycles. The summed E-state index contributed by atoms with van der Waals surface area (Å²) in [6, 6.07) is 13.0. The smallest absolute Gasteiger partial charge is 0.151 e. The van der Waals surface area contributed by atoms with E-state index in [4.69, 9.17) is 0 Å². The Labute approximate surface area is 155 Å². The van der Waals surface area contributed by atoms with Crippen molar-refractivity contribution < 1.29 is 4.79 Å². The molecule has 5 heteroatoms. The number of anilines is 1. The fraction of sp³-hybridized carbons (Fsp3) is 0.476. The van der Waals surface area contributed by atoms with Crippen molar-refractivity contribution in [2.45, 2.75) is 38.6 Å². The summed E-state index contributed by atoms with van der Waals surface area (Å²) in [4.78, 5) is 16.2. The number of carbonyl (C=O) groups excluding carboxylic acids is 1. The number of Topliss-reactive ketones (excluding diaryl/α,β-unsaturated/α-hetero) is 1. The lowest BCUT2D eigenvalue weighted by Gasteiger charge is -2.22. The second kappa shape index (κ2) is 7.54. The van der Waals surface area contributed by atoms with Gasteiger partial charge in [0.05, 0.1) is 5.69 Å². The molecule has 0 N–H and O–H groups in total. The topological polar surface area (TPSA) is 49.3 Å². The Bertz CT molecular complexity index is 753. The van der Waals surface area contributed by atoms with Crippen LogP contribution in [0.3, 0.4) is 0 Å². The average Bonchev–Trinajstić information content (AvgIpc) is 3.48. The lowest BCUT2D eigenvalue weighted by Crippen LogP contribution is -2.32. The van der Waals surface area contributed by atoms with Gasteiger partial charge in [-0.1, -0.05) is 24.3 Å². The molecule has 2 heterocycles. The third-order valence-corrected chi connectivity index (χ3v) is 5.27. The van der Waals surface area contributed by atoms with Crippen molar-refractivity contribution in [3.8, 4) is 11.3 Å². The fourth-order valence-electron chi connectivity index (χ4n) is 3.70. The van der Waals surface area contributed by atoms with Crippen molar-refractivity contribution >= 4 is 11.6 Å². The molecule has 0 bridgehead atoms. The van der Waals surface area contributed by atoms with Crippen molar-refractivity contribution in [3.05, 3.63) is 42.0 Å². The lowest BCUT2D eigenvalue weighted by atomic mass is 10.1. The number of hydrogen-bond acceptors (Lipinski definition) is 5. The zero-order chi connectivity index (χ0) is 17.9. The van der Waals surface area contributed by atoms with Gasteiger partial charge in [-0.05, 0) is 43.9 Å². The van der Waals surface area contributed by atoms with Gasteiger partial charge in [0.25, 0.3) is 0 Å². The molecule has 26 heavy (non-hydrogen) atoms. The summed E-state index contributed by atoms with van der Waals surface area (Å²) in [5.74, 6) is 1.15. The van der Waals surface area contributed by atoms with E-state index in [1.807, 2.05) is 30.3 Å². The number of rotatable bonds is 5. The van der Waals surface area contributed by atoms with Gasteiger partial charge in [-0.25, -0.2) is 0 Å². The van der Waals surface area contributed by atoms with E-state index in [9.17, 15) is 4.79 Å². The van der Waals surface area contributed by atoms with E-state index in [-0.39, 0.29) is 5.78 Å². The standard InChI is InChI=1S/C21H26N4O/c1-16(26)15-17-3-5-18(6-4-17)20-9-10-21(23-22-20)25-12-2-11-24(13-14-25)19-7-8-19/h3-6,9-10,19H,2,7-8,11-15H2,1H3. The summed E-state index contributed by atoms with van der Waals surface area (Å²) in [5.41, 5.74) is 2.94. The van der Waals surface area contributed by atoms with Crippen LogP contribution in [0.15, 0.2) is 36.4 Å². The average molecular weight is 350 g/mol. The second-order valence-corrected chi connectivity index (χ2v) is 7.46. The molecule has 0 unspecified atom stereocenters. The summed E-state index contributed by atoms with van der Waals surface area (Å²) in [5, 5.41) is 8.92. The van der Waals surface area contributed by atoms with E-state index in [0.717, 1.165) is 48.3 Å². The van der Waals surface area contributed by atoms with Crippen molar-refractivity contribution in [2.24, 2.45) is 0 Å². The molecule has 0 spiro atoms. The van der Waals surface area contributed by atoms with E-state index in [1.54, 1.807) is 6.92 Å². The van der Waals surface area contributed by atoms with Crippen molar-refractivity contribution in [1.82, 2.24) is 15.1 Å². The molecule has 1 saturated carbocycles. The Morgan fingerprint density at radius 3 is 2.46 bits per heavy atom. The maximum atomic E-state index is 11.2. The van der Waals surface area contributed by atoms with Gasteiger partial charge >= 0.3 is 0 Å². The van der Waals surface area contributed by atoms with Gasteiger partial charge in [0, 0.05) is 44.2 Å². The normalized spacial score (nSPS) is 18.6. The van der Waals surface area contributed by atoms with Crippen LogP contribution in [-0.4, -0.2) is 53.1 Å². The largest absolute Gasteiger partial charge is 0.354 e. The Hall–Kier alpha value is -2.27. The molecule has 1 saturated heterocycles. The minimum atomic E-state index is 0.180. The maximum absolute atomic E-state index is 11.2. The van der Waals surface area contributed by atoms with E-state index in [0.29, 0.717) is 6.42 Å². The summed E-state index contributed by atoms with van der Waals surface area (Å²) in [7, 11) is 0. The molecule has 4 rings (SSSR count). The van der Waals surface area contributed by atoms with Crippen LogP contribution in [0.4, 0.5) is 5.82 Å². The van der Waals surface area contributed by atoms with Crippen LogP contribution in [0.25, 0.3) is 11.3 Å². The molecule has 1 aromatic heterocycles. The van der Waals surface area contributed by atoms with E-state index >= 15 is 0 Å². The van der Waals surface area contributed by atoms with Gasteiger partial charge < -0.3 is 4.90 Å². The highest BCUT2D eigenvalue weighted by Gasteiger charge is 2.30. The molecule has 5 nitrogen and oxygen atoms in total. The number of ketones is 1. The molecule has 0 amide bonds. The summed E-state index contributed by atoms with van der Waals surface area (Å²) >= 11 is 0. The highest BCUT2D eigenvalue weighted by atomic mass is 16.1. The molecular formula is C21H26N4O.